The Balaban J connectivity index is 2.44. The first-order valence-electron chi connectivity index (χ1n) is 5.00. The summed E-state index contributed by atoms with van der Waals surface area (Å²) in [5, 5.41) is 3.43. The number of amides is 1. The maximum atomic E-state index is 11.5. The highest BCUT2D eigenvalue weighted by Crippen LogP contribution is 2.12. The first-order chi connectivity index (χ1) is 6.77. The predicted molar refractivity (Wildman–Crippen MR) is 58.7 cm³/mol. The molecular weight excluding hydrogens is 196 g/mol. The zero-order chi connectivity index (χ0) is 10.4. The van der Waals surface area contributed by atoms with Gasteiger partial charge in [0, 0.05) is 17.6 Å². The van der Waals surface area contributed by atoms with Crippen LogP contribution in [0, 0.1) is 0 Å². The maximum Gasteiger partial charge on any atom is 0.280 e. The van der Waals surface area contributed by atoms with Gasteiger partial charge in [0.25, 0.3) is 5.91 Å². The minimum atomic E-state index is -0.0387. The summed E-state index contributed by atoms with van der Waals surface area (Å²) in [5.41, 5.74) is 0. The molecule has 0 radical (unpaired) electrons. The van der Waals surface area contributed by atoms with Crippen LogP contribution in [-0.2, 0) is 6.42 Å². The molecule has 1 aromatic heterocycles. The number of nitrogens with zero attached hydrogens (tertiary/aromatic N) is 1. The van der Waals surface area contributed by atoms with Crippen molar-refractivity contribution >= 4 is 17.2 Å². The molecule has 1 amide bonds. The minimum absolute atomic E-state index is 0.0387. The lowest BCUT2D eigenvalue weighted by Crippen LogP contribution is -2.23. The fraction of sp³-hybridized carbons (Fsp3) is 0.600. The minimum Gasteiger partial charge on any atom is -0.350 e. The highest BCUT2D eigenvalue weighted by Gasteiger charge is 2.08. The Hall–Kier alpha value is -0.900. The normalized spacial score (nSPS) is 10.1. The molecule has 0 fully saturated rings. The molecule has 0 atom stereocenters. The summed E-state index contributed by atoms with van der Waals surface area (Å²) in [5.74, 6) is -0.0387. The number of hydrogen-bond donors (Lipinski definition) is 1. The molecule has 0 aliphatic carbocycles. The number of nitrogens with one attached hydrogen (secondary N) is 1. The van der Waals surface area contributed by atoms with E-state index < -0.39 is 0 Å². The molecule has 0 unspecified atom stereocenters. The van der Waals surface area contributed by atoms with E-state index in [9.17, 15) is 4.79 Å². The van der Waals surface area contributed by atoms with Crippen molar-refractivity contribution in [2.45, 2.75) is 33.1 Å². The molecule has 1 aromatic rings. The molecule has 14 heavy (non-hydrogen) atoms. The molecule has 0 aromatic carbocycles. The molecule has 0 saturated carbocycles. The van der Waals surface area contributed by atoms with E-state index in [-0.39, 0.29) is 5.91 Å². The standard InChI is InChI=1S/C10H16N2OS/c1-3-5-6-11-9(13)10-12-7-8(4-2)14-10/h7H,3-6H2,1-2H3,(H,11,13). The van der Waals surface area contributed by atoms with E-state index in [1.54, 1.807) is 6.20 Å². The van der Waals surface area contributed by atoms with Gasteiger partial charge >= 0.3 is 0 Å². The van der Waals surface area contributed by atoms with Gasteiger partial charge in [-0.2, -0.15) is 0 Å². The van der Waals surface area contributed by atoms with Crippen molar-refractivity contribution in [3.8, 4) is 0 Å². The van der Waals surface area contributed by atoms with Crippen molar-refractivity contribution in [1.82, 2.24) is 10.3 Å². The average Bonchev–Trinajstić information content (AvgIpc) is 2.66. The van der Waals surface area contributed by atoms with E-state index in [1.807, 2.05) is 0 Å². The molecule has 4 heteroatoms. The van der Waals surface area contributed by atoms with Crippen molar-refractivity contribution in [2.75, 3.05) is 6.54 Å². The topological polar surface area (TPSA) is 42.0 Å². The van der Waals surface area contributed by atoms with Gasteiger partial charge < -0.3 is 5.32 Å². The molecule has 0 aliphatic rings. The number of thiazole rings is 1. The lowest BCUT2D eigenvalue weighted by atomic mass is 10.3. The summed E-state index contributed by atoms with van der Waals surface area (Å²) in [6.45, 7) is 4.91. The van der Waals surface area contributed by atoms with Gasteiger partial charge in [-0.15, -0.1) is 11.3 Å². The maximum absolute atomic E-state index is 11.5. The third kappa shape index (κ3) is 3.10. The second-order valence-electron chi connectivity index (χ2n) is 3.09. The van der Waals surface area contributed by atoms with E-state index in [4.69, 9.17) is 0 Å². The largest absolute Gasteiger partial charge is 0.350 e. The number of rotatable bonds is 5. The van der Waals surface area contributed by atoms with Gasteiger partial charge in [-0.05, 0) is 12.8 Å². The fourth-order valence-electron chi connectivity index (χ4n) is 1.03. The van der Waals surface area contributed by atoms with Crippen LogP contribution < -0.4 is 5.32 Å². The van der Waals surface area contributed by atoms with Crippen LogP contribution in [0.25, 0.3) is 0 Å². The van der Waals surface area contributed by atoms with Crippen LogP contribution in [0.1, 0.15) is 41.4 Å². The summed E-state index contributed by atoms with van der Waals surface area (Å²) in [6, 6.07) is 0. The zero-order valence-corrected chi connectivity index (χ0v) is 9.49. The highest BCUT2D eigenvalue weighted by molar-refractivity contribution is 7.13. The lowest BCUT2D eigenvalue weighted by molar-refractivity contribution is 0.0953. The first-order valence-corrected chi connectivity index (χ1v) is 5.82. The fourth-order valence-corrected chi connectivity index (χ4v) is 1.80. The van der Waals surface area contributed by atoms with Crippen molar-refractivity contribution < 1.29 is 4.79 Å². The Morgan fingerprint density at radius 2 is 2.36 bits per heavy atom. The predicted octanol–water partition coefficient (Wildman–Crippen LogP) is 2.24. The number of carbonyl (C=O) groups excluding carboxylic acids is 1. The van der Waals surface area contributed by atoms with Gasteiger partial charge in [0.15, 0.2) is 5.01 Å². The molecule has 1 rings (SSSR count). The Kier molecular flexibility index (Phi) is 4.59. The molecule has 0 bridgehead atoms. The van der Waals surface area contributed by atoms with Crippen LogP contribution in [0.2, 0.25) is 0 Å². The molecule has 78 valence electrons. The van der Waals surface area contributed by atoms with E-state index in [0.29, 0.717) is 5.01 Å². The van der Waals surface area contributed by atoms with Crippen LogP contribution in [0.3, 0.4) is 0 Å². The van der Waals surface area contributed by atoms with Crippen molar-refractivity contribution in [1.29, 1.82) is 0 Å². The SMILES string of the molecule is CCCCNC(=O)c1ncc(CC)s1. The van der Waals surface area contributed by atoms with Crippen LogP contribution in [0.15, 0.2) is 6.20 Å². The third-order valence-corrected chi connectivity index (χ3v) is 3.05. The monoisotopic (exact) mass is 212 g/mol. The van der Waals surface area contributed by atoms with Gasteiger partial charge in [0.05, 0.1) is 0 Å². The third-order valence-electron chi connectivity index (χ3n) is 1.91. The highest BCUT2D eigenvalue weighted by atomic mass is 32.1. The van der Waals surface area contributed by atoms with Crippen LogP contribution in [0.5, 0.6) is 0 Å². The van der Waals surface area contributed by atoms with Crippen molar-refractivity contribution in [2.24, 2.45) is 0 Å². The average molecular weight is 212 g/mol. The smallest absolute Gasteiger partial charge is 0.280 e. The summed E-state index contributed by atoms with van der Waals surface area (Å²) in [6.07, 6.45) is 4.84. The number of aromatic nitrogens is 1. The molecule has 0 saturated heterocycles. The van der Waals surface area contributed by atoms with Crippen LogP contribution >= 0.6 is 11.3 Å². The van der Waals surface area contributed by atoms with Gasteiger partial charge in [0.2, 0.25) is 0 Å². The molecular formula is C10H16N2OS. The molecule has 1 heterocycles. The first kappa shape index (κ1) is 11.2. The zero-order valence-electron chi connectivity index (χ0n) is 8.67. The summed E-state index contributed by atoms with van der Waals surface area (Å²) < 4.78 is 0. The Bertz CT molecular complexity index is 296. The van der Waals surface area contributed by atoms with E-state index in [1.165, 1.54) is 11.3 Å². The quantitative estimate of drug-likeness (QED) is 0.760. The van der Waals surface area contributed by atoms with Crippen molar-refractivity contribution in [3.05, 3.63) is 16.1 Å². The molecule has 0 spiro atoms. The Labute approximate surface area is 88.6 Å². The number of aryl methyl sites for hydroxylation is 1. The van der Waals surface area contributed by atoms with Crippen LogP contribution in [0.4, 0.5) is 0 Å². The van der Waals surface area contributed by atoms with E-state index in [0.717, 1.165) is 30.7 Å². The second kappa shape index (κ2) is 5.75. The van der Waals surface area contributed by atoms with Gasteiger partial charge in [0.1, 0.15) is 0 Å². The Morgan fingerprint density at radius 3 is 2.93 bits per heavy atom. The summed E-state index contributed by atoms with van der Waals surface area (Å²) >= 11 is 1.48. The van der Waals surface area contributed by atoms with E-state index >= 15 is 0 Å². The van der Waals surface area contributed by atoms with Crippen LogP contribution in [-0.4, -0.2) is 17.4 Å². The molecule has 1 N–H and O–H groups in total. The van der Waals surface area contributed by atoms with E-state index in [2.05, 4.69) is 24.1 Å². The van der Waals surface area contributed by atoms with Gasteiger partial charge in [-0.25, -0.2) is 4.98 Å². The second-order valence-corrected chi connectivity index (χ2v) is 4.21. The van der Waals surface area contributed by atoms with Gasteiger partial charge in [-0.1, -0.05) is 20.3 Å². The van der Waals surface area contributed by atoms with Gasteiger partial charge in [-0.3, -0.25) is 4.79 Å². The van der Waals surface area contributed by atoms with Crippen molar-refractivity contribution in [3.63, 3.8) is 0 Å². The molecule has 3 nitrogen and oxygen atoms in total. The number of unbranched alkanes of at least 4 members (excludes halogenated alkanes) is 1. The summed E-state index contributed by atoms with van der Waals surface area (Å²) in [4.78, 5) is 16.7. The summed E-state index contributed by atoms with van der Waals surface area (Å²) in [7, 11) is 0. The number of carbonyl (C=O) groups is 1. The Morgan fingerprint density at radius 1 is 1.57 bits per heavy atom. The lowest BCUT2D eigenvalue weighted by Gasteiger charge is -1.99. The molecule has 0 aliphatic heterocycles. The number of hydrogen-bond acceptors (Lipinski definition) is 3.